The molecule has 0 fully saturated rings. The summed E-state index contributed by atoms with van der Waals surface area (Å²) in [5.74, 6) is -20.3. The minimum absolute atomic E-state index is 0.110. The molecule has 0 heterocycles. The topological polar surface area (TPSA) is 18.5 Å². The van der Waals surface area contributed by atoms with Gasteiger partial charge >= 0.3 is 0 Å². The number of ether oxygens (including phenoxy) is 2. The van der Waals surface area contributed by atoms with Crippen LogP contribution in [0.5, 0.6) is 23.0 Å². The van der Waals surface area contributed by atoms with Gasteiger partial charge in [-0.3, -0.25) is 0 Å². The molecule has 2 nitrogen and oxygen atoms in total. The van der Waals surface area contributed by atoms with Gasteiger partial charge in [0.05, 0.1) is 0 Å². The summed E-state index contributed by atoms with van der Waals surface area (Å²) in [4.78, 5) is 0. The molecule has 204 valence electrons. The quantitative estimate of drug-likeness (QED) is 0.134. The first-order chi connectivity index (χ1) is 18.2. The molecule has 0 saturated carbocycles. The predicted octanol–water partition coefficient (Wildman–Crippen LogP) is 9.16. The summed E-state index contributed by atoms with van der Waals surface area (Å²) in [7, 11) is 0. The van der Waals surface area contributed by atoms with Gasteiger partial charge in [-0.1, -0.05) is 38.1 Å². The van der Waals surface area contributed by atoms with Gasteiger partial charge in [0.15, 0.2) is 11.6 Å². The Balaban J connectivity index is 1.56. The smallest absolute Gasteiger partial charge is 0.207 e. The van der Waals surface area contributed by atoms with Gasteiger partial charge in [-0.2, -0.15) is 17.6 Å². The molecule has 39 heavy (non-hydrogen) atoms. The fourth-order valence-corrected chi connectivity index (χ4v) is 3.77. The second kappa shape index (κ2) is 10.2. The Kier molecular flexibility index (Phi) is 7.29. The maximum Gasteiger partial charge on any atom is 0.207 e. The van der Waals surface area contributed by atoms with Crippen molar-refractivity contribution in [3.63, 3.8) is 0 Å². The monoisotopic (exact) mass is 556 g/mol. The lowest BCUT2D eigenvalue weighted by Gasteiger charge is -2.26. The zero-order valence-electron chi connectivity index (χ0n) is 20.3. The van der Waals surface area contributed by atoms with Crippen molar-refractivity contribution in [3.8, 4) is 23.0 Å². The first-order valence-corrected chi connectivity index (χ1v) is 11.2. The van der Waals surface area contributed by atoms with Crippen LogP contribution in [0.4, 0.5) is 39.5 Å². The minimum Gasteiger partial charge on any atom is -0.451 e. The van der Waals surface area contributed by atoms with E-state index in [1.807, 2.05) is 0 Å². The molecule has 0 spiro atoms. The molecule has 0 saturated heterocycles. The van der Waals surface area contributed by atoms with E-state index in [4.69, 9.17) is 9.47 Å². The van der Waals surface area contributed by atoms with Crippen molar-refractivity contribution in [2.24, 2.45) is 0 Å². The third kappa shape index (κ3) is 4.88. The van der Waals surface area contributed by atoms with Crippen LogP contribution in [0.3, 0.4) is 0 Å². The van der Waals surface area contributed by atoms with E-state index >= 15 is 0 Å². The molecule has 4 rings (SSSR count). The van der Waals surface area contributed by atoms with Crippen molar-refractivity contribution < 1.29 is 49.0 Å². The highest BCUT2D eigenvalue weighted by Gasteiger charge is 2.29. The number of hydrogen-bond donors (Lipinski definition) is 0. The molecular formula is C28H17F9O2. The summed E-state index contributed by atoms with van der Waals surface area (Å²) in [5, 5.41) is 0. The van der Waals surface area contributed by atoms with Gasteiger partial charge in [0, 0.05) is 11.0 Å². The van der Waals surface area contributed by atoms with Crippen LogP contribution < -0.4 is 9.47 Å². The Bertz CT molecular complexity index is 1390. The molecule has 0 aliphatic heterocycles. The normalized spacial score (nSPS) is 11.6. The van der Waals surface area contributed by atoms with Crippen LogP contribution in [-0.4, -0.2) is 0 Å². The molecule has 0 aliphatic rings. The van der Waals surface area contributed by atoms with Crippen molar-refractivity contribution >= 4 is 0 Å². The summed E-state index contributed by atoms with van der Waals surface area (Å²) >= 11 is 0. The Morgan fingerprint density at radius 1 is 0.436 bits per heavy atom. The van der Waals surface area contributed by atoms with Gasteiger partial charge in [-0.25, -0.2) is 22.0 Å². The molecule has 0 bridgehead atoms. The van der Waals surface area contributed by atoms with Crippen LogP contribution >= 0.6 is 0 Å². The molecule has 0 amide bonds. The van der Waals surface area contributed by atoms with Gasteiger partial charge in [-0.15, -0.1) is 0 Å². The largest absolute Gasteiger partial charge is 0.451 e. The minimum atomic E-state index is -2.31. The third-order valence-electron chi connectivity index (χ3n) is 6.20. The predicted molar refractivity (Wildman–Crippen MR) is 122 cm³/mol. The Hall–Kier alpha value is -4.15. The van der Waals surface area contributed by atoms with Crippen LogP contribution in [-0.2, 0) is 5.41 Å². The summed E-state index contributed by atoms with van der Waals surface area (Å²) in [6.07, 6.45) is 0. The molecular weight excluding hydrogens is 539 g/mol. The highest BCUT2D eigenvalue weighted by atomic mass is 19.2. The van der Waals surface area contributed by atoms with Gasteiger partial charge in [0.1, 0.15) is 11.5 Å². The number of hydrogen-bond acceptors (Lipinski definition) is 2. The lowest BCUT2D eigenvalue weighted by atomic mass is 9.78. The van der Waals surface area contributed by atoms with Gasteiger partial charge in [0.25, 0.3) is 0 Å². The SMILES string of the molecule is Cc1c(F)c(F)c(Oc2ccc(C(C)(C)c3ccc(Oc4c(F)c(F)c(F)c(F)c4F)cc3)cc2)c(F)c1F. The highest BCUT2D eigenvalue weighted by Crippen LogP contribution is 2.38. The zero-order chi connectivity index (χ0) is 28.8. The van der Waals surface area contributed by atoms with Crippen molar-refractivity contribution in [3.05, 3.63) is 118 Å². The molecule has 11 heteroatoms. The van der Waals surface area contributed by atoms with Crippen LogP contribution in [0, 0.1) is 59.3 Å². The maximum absolute atomic E-state index is 14.1. The maximum atomic E-state index is 14.1. The Morgan fingerprint density at radius 2 is 0.718 bits per heavy atom. The summed E-state index contributed by atoms with van der Waals surface area (Å²) < 4.78 is 134. The van der Waals surface area contributed by atoms with E-state index in [-0.39, 0.29) is 11.5 Å². The summed E-state index contributed by atoms with van der Waals surface area (Å²) in [6.45, 7) is 4.45. The van der Waals surface area contributed by atoms with Crippen molar-refractivity contribution in [1.29, 1.82) is 0 Å². The van der Waals surface area contributed by atoms with Crippen LogP contribution in [0.25, 0.3) is 0 Å². The Morgan fingerprint density at radius 3 is 1.05 bits per heavy atom. The van der Waals surface area contributed by atoms with E-state index < -0.39 is 74.8 Å². The molecule has 4 aromatic carbocycles. The van der Waals surface area contributed by atoms with E-state index in [2.05, 4.69) is 0 Å². The van der Waals surface area contributed by atoms with E-state index in [0.29, 0.717) is 11.1 Å². The van der Waals surface area contributed by atoms with Crippen molar-refractivity contribution in [2.45, 2.75) is 26.2 Å². The standard InChI is InChI=1S/C28H17F9O2/c1-12-17(29)22(34)26(23(35)18(12)30)38-15-8-4-13(5-9-15)28(2,3)14-6-10-16(11-7-14)39-27-24(36)20(32)19(31)21(33)25(27)37/h4-11H,1-3H3. The fraction of sp³-hybridized carbons (Fsp3) is 0.143. The van der Waals surface area contributed by atoms with E-state index in [9.17, 15) is 39.5 Å². The first kappa shape index (κ1) is 27.9. The van der Waals surface area contributed by atoms with Gasteiger partial charge in [-0.05, 0) is 42.3 Å². The number of halogens is 9. The van der Waals surface area contributed by atoms with Crippen LogP contribution in [0.2, 0.25) is 0 Å². The highest BCUT2D eigenvalue weighted by molar-refractivity contribution is 5.44. The number of benzene rings is 4. The van der Waals surface area contributed by atoms with Crippen LogP contribution in [0.1, 0.15) is 30.5 Å². The average molecular weight is 556 g/mol. The van der Waals surface area contributed by atoms with E-state index in [0.717, 1.165) is 6.92 Å². The lowest BCUT2D eigenvalue weighted by molar-refractivity contribution is 0.332. The first-order valence-electron chi connectivity index (χ1n) is 11.2. The molecule has 0 aliphatic carbocycles. The van der Waals surface area contributed by atoms with Crippen LogP contribution in [0.15, 0.2) is 48.5 Å². The zero-order valence-corrected chi connectivity index (χ0v) is 20.3. The second-order valence-corrected chi connectivity index (χ2v) is 8.99. The molecule has 0 aromatic heterocycles. The van der Waals surface area contributed by atoms with E-state index in [1.165, 1.54) is 48.5 Å². The summed E-state index contributed by atoms with van der Waals surface area (Å²) in [6, 6.07) is 11.2. The molecule has 0 radical (unpaired) electrons. The fourth-order valence-electron chi connectivity index (χ4n) is 3.77. The molecule has 0 unspecified atom stereocenters. The van der Waals surface area contributed by atoms with Crippen molar-refractivity contribution in [1.82, 2.24) is 0 Å². The lowest BCUT2D eigenvalue weighted by Crippen LogP contribution is -2.18. The molecule has 4 aromatic rings. The Labute approximate surface area is 216 Å². The third-order valence-corrected chi connectivity index (χ3v) is 6.20. The molecule has 0 N–H and O–H groups in total. The molecule has 0 atom stereocenters. The van der Waals surface area contributed by atoms with Gasteiger partial charge in [0.2, 0.25) is 52.2 Å². The van der Waals surface area contributed by atoms with E-state index in [1.54, 1.807) is 13.8 Å². The summed E-state index contributed by atoms with van der Waals surface area (Å²) in [5.41, 5.74) is -0.301. The van der Waals surface area contributed by atoms with Crippen molar-refractivity contribution in [2.75, 3.05) is 0 Å². The number of rotatable bonds is 6. The second-order valence-electron chi connectivity index (χ2n) is 8.99. The average Bonchev–Trinajstić information content (AvgIpc) is 2.94. The van der Waals surface area contributed by atoms with Gasteiger partial charge < -0.3 is 9.47 Å².